The van der Waals surface area contributed by atoms with Crippen LogP contribution in [-0.4, -0.2) is 5.97 Å². The van der Waals surface area contributed by atoms with Crippen molar-refractivity contribution < 1.29 is 9.53 Å². The molecular weight excluding hydrogens is 142 g/mol. The van der Waals surface area contributed by atoms with E-state index in [0.717, 1.165) is 0 Å². The molecule has 0 unspecified atom stereocenters. The molecule has 3 heteroatoms. The summed E-state index contributed by atoms with van der Waals surface area (Å²) in [7, 11) is 0. The number of ether oxygens (including phenoxy) is 1. The summed E-state index contributed by atoms with van der Waals surface area (Å²) in [5, 5.41) is 8.22. The second-order valence-corrected chi connectivity index (χ2v) is 3.17. The Labute approximate surface area is 66.3 Å². The highest BCUT2D eigenvalue weighted by Crippen LogP contribution is 2.16. The maximum atomic E-state index is 11.0. The minimum Gasteiger partial charge on any atom is -0.415 e. The SMILES string of the molecule is C=C(C#N)OC(=O)C(C)(C)C. The molecule has 0 radical (unpaired) electrons. The van der Waals surface area contributed by atoms with Crippen molar-refractivity contribution in [3.8, 4) is 6.07 Å². The lowest BCUT2D eigenvalue weighted by molar-refractivity contribution is -0.147. The lowest BCUT2D eigenvalue weighted by atomic mass is 9.97. The Morgan fingerprint density at radius 2 is 2.00 bits per heavy atom. The van der Waals surface area contributed by atoms with Crippen molar-refractivity contribution in [2.75, 3.05) is 0 Å². The van der Waals surface area contributed by atoms with Crippen LogP contribution in [0.4, 0.5) is 0 Å². The van der Waals surface area contributed by atoms with Gasteiger partial charge in [-0.3, -0.25) is 4.79 Å². The average Bonchev–Trinajstić information content (AvgIpc) is 1.85. The van der Waals surface area contributed by atoms with Gasteiger partial charge in [-0.1, -0.05) is 0 Å². The van der Waals surface area contributed by atoms with Gasteiger partial charge in [0.05, 0.1) is 5.41 Å². The van der Waals surface area contributed by atoms with Crippen molar-refractivity contribution in [2.45, 2.75) is 20.8 Å². The smallest absolute Gasteiger partial charge is 0.317 e. The van der Waals surface area contributed by atoms with Crippen LogP contribution in [0.2, 0.25) is 0 Å². The Morgan fingerprint density at radius 3 is 2.27 bits per heavy atom. The highest BCUT2D eigenvalue weighted by molar-refractivity contribution is 5.76. The van der Waals surface area contributed by atoms with E-state index in [-0.39, 0.29) is 5.76 Å². The van der Waals surface area contributed by atoms with Gasteiger partial charge in [0.15, 0.2) is 5.76 Å². The number of allylic oxidation sites excluding steroid dienone is 1. The van der Waals surface area contributed by atoms with E-state index >= 15 is 0 Å². The third-order valence-corrected chi connectivity index (χ3v) is 0.953. The summed E-state index contributed by atoms with van der Waals surface area (Å²) in [5.41, 5.74) is -0.584. The molecule has 0 aromatic rings. The summed E-state index contributed by atoms with van der Waals surface area (Å²) in [6, 6.07) is 1.63. The molecule has 0 N–H and O–H groups in total. The number of carbonyl (C=O) groups excluding carboxylic acids is 1. The zero-order valence-electron chi connectivity index (χ0n) is 6.97. The highest BCUT2D eigenvalue weighted by atomic mass is 16.5. The fourth-order valence-corrected chi connectivity index (χ4v) is 0.288. The van der Waals surface area contributed by atoms with Crippen LogP contribution in [0.15, 0.2) is 12.3 Å². The van der Waals surface area contributed by atoms with Gasteiger partial charge in [0.2, 0.25) is 0 Å². The normalized spacial score (nSPS) is 10.0. The molecule has 0 bridgehead atoms. The average molecular weight is 153 g/mol. The van der Waals surface area contributed by atoms with Crippen LogP contribution in [0.3, 0.4) is 0 Å². The fourth-order valence-electron chi connectivity index (χ4n) is 0.288. The number of nitrogens with zero attached hydrogens (tertiary/aromatic N) is 1. The minimum absolute atomic E-state index is 0.162. The molecule has 0 fully saturated rings. The molecule has 0 saturated heterocycles. The summed E-state index contributed by atoms with van der Waals surface area (Å²) in [4.78, 5) is 11.0. The summed E-state index contributed by atoms with van der Waals surface area (Å²) >= 11 is 0. The monoisotopic (exact) mass is 153 g/mol. The number of carbonyl (C=O) groups is 1. The maximum absolute atomic E-state index is 11.0. The van der Waals surface area contributed by atoms with E-state index in [1.165, 1.54) is 0 Å². The predicted molar refractivity (Wildman–Crippen MR) is 40.3 cm³/mol. The second-order valence-electron chi connectivity index (χ2n) is 3.17. The molecule has 0 heterocycles. The van der Waals surface area contributed by atoms with Crippen molar-refractivity contribution in [3.63, 3.8) is 0 Å². The van der Waals surface area contributed by atoms with Gasteiger partial charge in [-0.15, -0.1) is 0 Å². The summed E-state index contributed by atoms with van der Waals surface area (Å²) in [5.74, 6) is -0.603. The topological polar surface area (TPSA) is 50.1 Å². The van der Waals surface area contributed by atoms with Crippen molar-refractivity contribution in [3.05, 3.63) is 12.3 Å². The van der Waals surface area contributed by atoms with E-state index in [1.807, 2.05) is 0 Å². The largest absolute Gasteiger partial charge is 0.415 e. The van der Waals surface area contributed by atoms with Crippen molar-refractivity contribution >= 4 is 5.97 Å². The molecular formula is C8H11NO2. The maximum Gasteiger partial charge on any atom is 0.317 e. The minimum atomic E-state index is -0.584. The van der Waals surface area contributed by atoms with Gasteiger partial charge >= 0.3 is 5.97 Å². The Hall–Kier alpha value is -1.30. The molecule has 0 aromatic carbocycles. The van der Waals surface area contributed by atoms with Crippen LogP contribution in [0.5, 0.6) is 0 Å². The summed E-state index contributed by atoms with van der Waals surface area (Å²) in [6.45, 7) is 8.35. The molecule has 0 aliphatic rings. The number of hydrogen-bond donors (Lipinski definition) is 0. The number of rotatable bonds is 1. The Kier molecular flexibility index (Phi) is 2.82. The van der Waals surface area contributed by atoms with Gasteiger partial charge in [-0.05, 0) is 27.4 Å². The lowest BCUT2D eigenvalue weighted by Gasteiger charge is -2.14. The van der Waals surface area contributed by atoms with E-state index in [4.69, 9.17) is 5.26 Å². The fraction of sp³-hybridized carbons (Fsp3) is 0.500. The Bertz CT molecular complexity index is 217. The first-order chi connectivity index (χ1) is 4.88. The second kappa shape index (κ2) is 3.20. The Balaban J connectivity index is 4.13. The van der Waals surface area contributed by atoms with E-state index in [9.17, 15) is 4.79 Å². The van der Waals surface area contributed by atoms with Gasteiger partial charge < -0.3 is 4.74 Å². The van der Waals surface area contributed by atoms with Crippen LogP contribution in [-0.2, 0) is 9.53 Å². The summed E-state index contributed by atoms with van der Waals surface area (Å²) in [6.07, 6.45) is 0. The van der Waals surface area contributed by atoms with Crippen LogP contribution < -0.4 is 0 Å². The first-order valence-corrected chi connectivity index (χ1v) is 3.19. The molecule has 0 aromatic heterocycles. The van der Waals surface area contributed by atoms with Gasteiger partial charge in [0.25, 0.3) is 0 Å². The molecule has 0 aliphatic carbocycles. The zero-order valence-corrected chi connectivity index (χ0v) is 6.97. The molecule has 0 atom stereocenters. The quantitative estimate of drug-likeness (QED) is 0.326. The molecule has 60 valence electrons. The first kappa shape index (κ1) is 9.70. The van der Waals surface area contributed by atoms with Crippen LogP contribution in [0.1, 0.15) is 20.8 Å². The molecule has 11 heavy (non-hydrogen) atoms. The molecule has 0 rings (SSSR count). The van der Waals surface area contributed by atoms with Crippen LogP contribution in [0.25, 0.3) is 0 Å². The zero-order chi connectivity index (χ0) is 9.07. The van der Waals surface area contributed by atoms with Crippen molar-refractivity contribution in [1.82, 2.24) is 0 Å². The third kappa shape index (κ3) is 3.41. The standard InChI is InChI=1S/C8H11NO2/c1-6(5-9)11-7(10)8(2,3)4/h1H2,2-4H3. The highest BCUT2D eigenvalue weighted by Gasteiger charge is 2.23. The summed E-state index contributed by atoms with van der Waals surface area (Å²) < 4.78 is 4.57. The van der Waals surface area contributed by atoms with Crippen LogP contribution in [0, 0.1) is 16.7 Å². The number of nitriles is 1. The number of esters is 1. The van der Waals surface area contributed by atoms with Gasteiger partial charge in [-0.2, -0.15) is 5.26 Å². The van der Waals surface area contributed by atoms with Gasteiger partial charge in [-0.25, -0.2) is 0 Å². The van der Waals surface area contributed by atoms with E-state index in [2.05, 4.69) is 11.3 Å². The molecule has 0 spiro atoms. The molecule has 3 nitrogen and oxygen atoms in total. The van der Waals surface area contributed by atoms with E-state index in [0.29, 0.717) is 0 Å². The van der Waals surface area contributed by atoms with Crippen LogP contribution >= 0.6 is 0 Å². The van der Waals surface area contributed by atoms with Gasteiger partial charge in [0.1, 0.15) is 6.07 Å². The van der Waals surface area contributed by atoms with E-state index in [1.54, 1.807) is 26.8 Å². The first-order valence-electron chi connectivity index (χ1n) is 3.19. The molecule has 0 amide bonds. The Morgan fingerprint density at radius 1 is 1.55 bits per heavy atom. The van der Waals surface area contributed by atoms with Crippen molar-refractivity contribution in [1.29, 1.82) is 5.26 Å². The van der Waals surface area contributed by atoms with Crippen molar-refractivity contribution in [2.24, 2.45) is 5.41 Å². The van der Waals surface area contributed by atoms with Gasteiger partial charge in [0, 0.05) is 0 Å². The predicted octanol–water partition coefficient (Wildman–Crippen LogP) is 1.61. The molecule has 0 saturated carbocycles. The number of hydrogen-bond acceptors (Lipinski definition) is 3. The third-order valence-electron chi connectivity index (χ3n) is 0.953. The lowest BCUT2D eigenvalue weighted by Crippen LogP contribution is -2.22. The molecule has 0 aliphatic heterocycles. The van der Waals surface area contributed by atoms with E-state index < -0.39 is 11.4 Å².